The van der Waals surface area contributed by atoms with E-state index in [2.05, 4.69) is 4.98 Å². The molecule has 0 N–H and O–H groups in total. The van der Waals surface area contributed by atoms with Gasteiger partial charge in [-0.2, -0.15) is 18.2 Å². The summed E-state index contributed by atoms with van der Waals surface area (Å²) >= 11 is 0. The van der Waals surface area contributed by atoms with E-state index in [0.717, 1.165) is 28.8 Å². The van der Waals surface area contributed by atoms with Crippen LogP contribution in [-0.2, 0) is 6.18 Å². The number of fused-ring (bicyclic) bond motifs is 1. The monoisotopic (exact) mass is 451 g/mol. The third-order valence-corrected chi connectivity index (χ3v) is 5.80. The molecule has 5 rings (SSSR count). The molecule has 1 saturated heterocycles. The number of hydrogen-bond donors (Lipinski definition) is 0. The van der Waals surface area contributed by atoms with E-state index in [0.29, 0.717) is 43.3 Å². The molecule has 0 atom stereocenters. The molecule has 33 heavy (non-hydrogen) atoms. The molecule has 8 heteroatoms. The third-order valence-electron chi connectivity index (χ3n) is 5.80. The SMILES string of the molecule is O=C(c1ccc(-c2ccc(C(F)(F)F)cc2)cc1)N1CCN(c2nc3ccccc3o2)CC1. The van der Waals surface area contributed by atoms with Crippen molar-refractivity contribution in [1.82, 2.24) is 9.88 Å². The maximum absolute atomic E-state index is 12.9. The molecule has 3 aromatic carbocycles. The molecule has 1 aliphatic rings. The Morgan fingerprint density at radius 3 is 2.03 bits per heavy atom. The summed E-state index contributed by atoms with van der Waals surface area (Å²) in [5.74, 6) is -0.0776. The van der Waals surface area contributed by atoms with Crippen LogP contribution in [0.25, 0.3) is 22.2 Å². The van der Waals surface area contributed by atoms with E-state index in [4.69, 9.17) is 4.42 Å². The lowest BCUT2D eigenvalue weighted by Crippen LogP contribution is -2.48. The van der Waals surface area contributed by atoms with Crippen molar-refractivity contribution in [1.29, 1.82) is 0 Å². The Morgan fingerprint density at radius 1 is 0.818 bits per heavy atom. The lowest BCUT2D eigenvalue weighted by molar-refractivity contribution is -0.137. The fourth-order valence-corrected chi connectivity index (χ4v) is 3.94. The first kappa shape index (κ1) is 21.1. The number of nitrogens with zero attached hydrogens (tertiary/aromatic N) is 3. The van der Waals surface area contributed by atoms with Crippen LogP contribution in [0.5, 0.6) is 0 Å². The van der Waals surface area contributed by atoms with Crippen molar-refractivity contribution in [3.63, 3.8) is 0 Å². The van der Waals surface area contributed by atoms with Crippen LogP contribution >= 0.6 is 0 Å². The number of oxazole rings is 1. The van der Waals surface area contributed by atoms with E-state index in [1.165, 1.54) is 12.1 Å². The molecule has 168 valence electrons. The first-order valence-electron chi connectivity index (χ1n) is 10.6. The average molecular weight is 451 g/mol. The number of aromatic nitrogens is 1. The summed E-state index contributed by atoms with van der Waals surface area (Å²) in [6.07, 6.45) is -4.36. The molecular weight excluding hydrogens is 431 g/mol. The van der Waals surface area contributed by atoms with Crippen LogP contribution < -0.4 is 4.90 Å². The van der Waals surface area contributed by atoms with Crippen molar-refractivity contribution >= 4 is 23.0 Å². The maximum atomic E-state index is 12.9. The highest BCUT2D eigenvalue weighted by molar-refractivity contribution is 5.95. The first-order chi connectivity index (χ1) is 15.9. The molecule has 4 aromatic rings. The molecule has 1 fully saturated rings. The molecule has 1 aromatic heterocycles. The Balaban J connectivity index is 1.23. The normalized spacial score (nSPS) is 14.6. The van der Waals surface area contributed by atoms with Gasteiger partial charge in [0.15, 0.2) is 5.58 Å². The number of amides is 1. The van der Waals surface area contributed by atoms with Gasteiger partial charge in [-0.25, -0.2) is 0 Å². The van der Waals surface area contributed by atoms with Crippen molar-refractivity contribution in [2.45, 2.75) is 6.18 Å². The van der Waals surface area contributed by atoms with Gasteiger partial charge in [0.2, 0.25) is 0 Å². The van der Waals surface area contributed by atoms with Crippen molar-refractivity contribution < 1.29 is 22.4 Å². The van der Waals surface area contributed by atoms with Crippen LogP contribution in [0, 0.1) is 0 Å². The van der Waals surface area contributed by atoms with Gasteiger partial charge in [-0.15, -0.1) is 0 Å². The third kappa shape index (κ3) is 4.28. The molecule has 0 saturated carbocycles. The largest absolute Gasteiger partial charge is 0.423 e. The number of carbonyl (C=O) groups is 1. The molecule has 1 aliphatic heterocycles. The fraction of sp³-hybridized carbons (Fsp3) is 0.200. The van der Waals surface area contributed by atoms with Crippen LogP contribution in [0.3, 0.4) is 0 Å². The molecule has 5 nitrogen and oxygen atoms in total. The fourth-order valence-electron chi connectivity index (χ4n) is 3.94. The molecular formula is C25H20F3N3O2. The molecule has 0 unspecified atom stereocenters. The van der Waals surface area contributed by atoms with Gasteiger partial charge < -0.3 is 14.2 Å². The number of anilines is 1. The Kier molecular flexibility index (Phi) is 5.28. The van der Waals surface area contributed by atoms with Gasteiger partial charge in [-0.05, 0) is 47.5 Å². The molecule has 0 bridgehead atoms. The average Bonchev–Trinajstić information content (AvgIpc) is 3.28. The number of hydrogen-bond acceptors (Lipinski definition) is 4. The van der Waals surface area contributed by atoms with Gasteiger partial charge in [0.25, 0.3) is 11.9 Å². The Bertz CT molecular complexity index is 1240. The maximum Gasteiger partial charge on any atom is 0.416 e. The minimum atomic E-state index is -4.36. The highest BCUT2D eigenvalue weighted by Crippen LogP contribution is 2.31. The zero-order valence-corrected chi connectivity index (χ0v) is 17.5. The second kappa shape index (κ2) is 8.27. The molecule has 1 amide bonds. The van der Waals surface area contributed by atoms with Crippen LogP contribution in [0.15, 0.2) is 77.2 Å². The van der Waals surface area contributed by atoms with Gasteiger partial charge in [-0.3, -0.25) is 4.79 Å². The number of alkyl halides is 3. The number of carbonyl (C=O) groups excluding carboxylic acids is 1. The lowest BCUT2D eigenvalue weighted by atomic mass is 10.0. The molecule has 2 heterocycles. The molecule has 0 aliphatic carbocycles. The number of benzene rings is 3. The second-order valence-electron chi connectivity index (χ2n) is 7.90. The van der Waals surface area contributed by atoms with Crippen molar-refractivity contribution in [3.05, 3.63) is 83.9 Å². The van der Waals surface area contributed by atoms with Gasteiger partial charge in [0.05, 0.1) is 5.56 Å². The van der Waals surface area contributed by atoms with Crippen LogP contribution in [0.2, 0.25) is 0 Å². The van der Waals surface area contributed by atoms with Crippen molar-refractivity contribution in [3.8, 4) is 11.1 Å². The second-order valence-corrected chi connectivity index (χ2v) is 7.90. The zero-order chi connectivity index (χ0) is 23.0. The number of halogens is 3. The lowest BCUT2D eigenvalue weighted by Gasteiger charge is -2.33. The first-order valence-corrected chi connectivity index (χ1v) is 10.6. The summed E-state index contributed by atoms with van der Waals surface area (Å²) in [6, 6.07) is 20.1. The summed E-state index contributed by atoms with van der Waals surface area (Å²) in [5.41, 5.74) is 2.81. The van der Waals surface area contributed by atoms with E-state index in [9.17, 15) is 18.0 Å². The topological polar surface area (TPSA) is 49.6 Å². The summed E-state index contributed by atoms with van der Waals surface area (Å²) in [7, 11) is 0. The predicted molar refractivity (Wildman–Crippen MR) is 119 cm³/mol. The molecule has 0 spiro atoms. The van der Waals surface area contributed by atoms with E-state index >= 15 is 0 Å². The van der Waals surface area contributed by atoms with Gasteiger partial charge in [0.1, 0.15) is 5.52 Å². The van der Waals surface area contributed by atoms with E-state index in [1.807, 2.05) is 29.2 Å². The Labute approximate surface area is 188 Å². The van der Waals surface area contributed by atoms with E-state index in [-0.39, 0.29) is 5.91 Å². The van der Waals surface area contributed by atoms with E-state index < -0.39 is 11.7 Å². The standard InChI is InChI=1S/C25H20F3N3O2/c26-25(27,28)20-11-9-18(10-12-20)17-5-7-19(8-6-17)23(32)30-13-15-31(16-14-30)24-29-21-3-1-2-4-22(21)33-24/h1-12H,13-16H2. The predicted octanol–water partition coefficient (Wildman–Crippen LogP) is 5.48. The summed E-state index contributed by atoms with van der Waals surface area (Å²) < 4.78 is 44.1. The minimum Gasteiger partial charge on any atom is -0.423 e. The smallest absolute Gasteiger partial charge is 0.416 e. The van der Waals surface area contributed by atoms with Gasteiger partial charge in [0, 0.05) is 31.7 Å². The Hall–Kier alpha value is -3.81. The summed E-state index contributed by atoms with van der Waals surface area (Å²) in [4.78, 5) is 21.3. The summed E-state index contributed by atoms with van der Waals surface area (Å²) in [5, 5.41) is 0. The quantitative estimate of drug-likeness (QED) is 0.414. The number of para-hydroxylation sites is 2. The number of rotatable bonds is 3. The highest BCUT2D eigenvalue weighted by atomic mass is 19.4. The van der Waals surface area contributed by atoms with Crippen LogP contribution in [0.4, 0.5) is 19.2 Å². The van der Waals surface area contributed by atoms with Crippen LogP contribution in [0.1, 0.15) is 15.9 Å². The van der Waals surface area contributed by atoms with Crippen LogP contribution in [-0.4, -0.2) is 42.0 Å². The number of piperazine rings is 1. The van der Waals surface area contributed by atoms with Gasteiger partial charge in [-0.1, -0.05) is 36.4 Å². The minimum absolute atomic E-state index is 0.0776. The zero-order valence-electron chi connectivity index (χ0n) is 17.5. The highest BCUT2D eigenvalue weighted by Gasteiger charge is 2.30. The Morgan fingerprint density at radius 2 is 1.42 bits per heavy atom. The van der Waals surface area contributed by atoms with E-state index in [1.54, 1.807) is 29.2 Å². The summed E-state index contributed by atoms with van der Waals surface area (Å²) in [6.45, 7) is 2.31. The van der Waals surface area contributed by atoms with Gasteiger partial charge >= 0.3 is 6.18 Å². The van der Waals surface area contributed by atoms with Crippen molar-refractivity contribution in [2.24, 2.45) is 0 Å². The van der Waals surface area contributed by atoms with Crippen molar-refractivity contribution in [2.75, 3.05) is 31.1 Å². The molecule has 0 radical (unpaired) electrons.